The van der Waals surface area contributed by atoms with Crippen LogP contribution in [0.5, 0.6) is 0 Å². The molecule has 2 aliphatic heterocycles. The summed E-state index contributed by atoms with van der Waals surface area (Å²) in [6, 6.07) is 0.483. The van der Waals surface area contributed by atoms with Gasteiger partial charge in [-0.3, -0.25) is 4.79 Å². The highest BCUT2D eigenvalue weighted by atomic mass is 35.5. The number of hydrogen-bond acceptors (Lipinski definition) is 3. The Labute approximate surface area is 134 Å². The van der Waals surface area contributed by atoms with Gasteiger partial charge < -0.3 is 15.5 Å². The molecule has 5 heteroatoms. The number of nitrogens with one attached hydrogen (secondary N) is 2. The number of carbonyl (C=O) groups excluding carboxylic acids is 1. The molecule has 0 aromatic carbocycles. The fraction of sp³-hybridized carbons (Fsp3) is 0.938. The van der Waals surface area contributed by atoms with E-state index < -0.39 is 0 Å². The van der Waals surface area contributed by atoms with Crippen LogP contribution in [0.1, 0.15) is 51.4 Å². The minimum Gasteiger partial charge on any atom is -0.352 e. The molecule has 2 saturated heterocycles. The Bertz CT molecular complexity index is 319. The molecule has 3 aliphatic rings. The molecule has 2 heterocycles. The first-order valence-corrected chi connectivity index (χ1v) is 8.57. The number of amides is 1. The highest BCUT2D eigenvalue weighted by Crippen LogP contribution is 2.26. The molecule has 1 saturated carbocycles. The fourth-order valence-corrected chi connectivity index (χ4v) is 4.03. The normalized spacial score (nSPS) is 28.5. The largest absolute Gasteiger partial charge is 0.352 e. The highest BCUT2D eigenvalue weighted by Gasteiger charge is 2.27. The van der Waals surface area contributed by atoms with E-state index in [1.165, 1.54) is 45.3 Å². The minimum absolute atomic E-state index is 0. The van der Waals surface area contributed by atoms with Gasteiger partial charge in [0.05, 0.1) is 6.04 Å². The summed E-state index contributed by atoms with van der Waals surface area (Å²) in [5, 5.41) is 6.53. The van der Waals surface area contributed by atoms with Gasteiger partial charge in [0, 0.05) is 25.7 Å². The van der Waals surface area contributed by atoms with E-state index >= 15 is 0 Å². The monoisotopic (exact) mass is 315 g/mol. The second kappa shape index (κ2) is 8.35. The van der Waals surface area contributed by atoms with Gasteiger partial charge in [0.25, 0.3) is 0 Å². The SMILES string of the molecule is Cl.O=C(NC1CCN(CC2CCCC2)CC1)C1CCCN1. The number of likely N-dealkylation sites (tertiary alicyclic amines) is 1. The molecule has 1 atom stereocenters. The van der Waals surface area contributed by atoms with Crippen molar-refractivity contribution in [3.05, 3.63) is 0 Å². The Kier molecular flexibility index (Phi) is 6.77. The molecule has 0 aromatic rings. The number of hydrogen-bond donors (Lipinski definition) is 2. The standard InChI is InChI=1S/C16H29N3O.ClH/c20-16(15-6-3-9-17-15)18-14-7-10-19(11-8-14)12-13-4-1-2-5-13;/h13-15,17H,1-12H2,(H,18,20);1H. The quantitative estimate of drug-likeness (QED) is 0.833. The predicted molar refractivity (Wildman–Crippen MR) is 87.8 cm³/mol. The van der Waals surface area contributed by atoms with Crippen LogP contribution in [0.25, 0.3) is 0 Å². The third-order valence-electron chi connectivity index (χ3n) is 5.30. The first-order valence-electron chi connectivity index (χ1n) is 8.57. The zero-order valence-electron chi connectivity index (χ0n) is 13.0. The molecule has 0 spiro atoms. The first-order chi connectivity index (χ1) is 9.81. The molecule has 0 radical (unpaired) electrons. The van der Waals surface area contributed by atoms with Crippen molar-refractivity contribution in [2.24, 2.45) is 5.92 Å². The van der Waals surface area contributed by atoms with E-state index in [-0.39, 0.29) is 24.4 Å². The van der Waals surface area contributed by atoms with Crippen molar-refractivity contribution in [1.29, 1.82) is 0 Å². The van der Waals surface area contributed by atoms with E-state index in [0.29, 0.717) is 6.04 Å². The highest BCUT2D eigenvalue weighted by molar-refractivity contribution is 5.85. The van der Waals surface area contributed by atoms with Gasteiger partial charge in [0.15, 0.2) is 0 Å². The van der Waals surface area contributed by atoms with Crippen molar-refractivity contribution < 1.29 is 4.79 Å². The molecule has 3 fully saturated rings. The predicted octanol–water partition coefficient (Wildman–Crippen LogP) is 1.93. The third kappa shape index (κ3) is 4.83. The lowest BCUT2D eigenvalue weighted by Crippen LogP contribution is -2.49. The van der Waals surface area contributed by atoms with E-state index in [0.717, 1.165) is 38.1 Å². The van der Waals surface area contributed by atoms with Crippen LogP contribution < -0.4 is 10.6 Å². The summed E-state index contributed by atoms with van der Waals surface area (Å²) in [6.07, 6.45) is 10.1. The average Bonchev–Trinajstić information content (AvgIpc) is 3.13. The lowest BCUT2D eigenvalue weighted by molar-refractivity contribution is -0.123. The molecule has 122 valence electrons. The second-order valence-corrected chi connectivity index (χ2v) is 6.88. The summed E-state index contributed by atoms with van der Waals surface area (Å²) in [5.74, 6) is 1.18. The van der Waals surface area contributed by atoms with Crippen LogP contribution in [-0.4, -0.2) is 49.1 Å². The molecule has 21 heavy (non-hydrogen) atoms. The van der Waals surface area contributed by atoms with E-state index in [1.807, 2.05) is 0 Å². The summed E-state index contributed by atoms with van der Waals surface area (Å²) in [4.78, 5) is 14.7. The van der Waals surface area contributed by atoms with Crippen molar-refractivity contribution in [3.63, 3.8) is 0 Å². The molecule has 1 unspecified atom stereocenters. The van der Waals surface area contributed by atoms with Crippen molar-refractivity contribution in [3.8, 4) is 0 Å². The van der Waals surface area contributed by atoms with Gasteiger partial charge in [-0.1, -0.05) is 12.8 Å². The number of halogens is 1. The maximum absolute atomic E-state index is 12.1. The van der Waals surface area contributed by atoms with E-state index in [4.69, 9.17) is 0 Å². The molecule has 1 aliphatic carbocycles. The molecule has 0 aromatic heterocycles. The first kappa shape index (κ1) is 17.0. The summed E-state index contributed by atoms with van der Waals surface area (Å²) in [6.45, 7) is 4.63. The van der Waals surface area contributed by atoms with Gasteiger partial charge in [-0.15, -0.1) is 12.4 Å². The van der Waals surface area contributed by atoms with Crippen LogP contribution in [-0.2, 0) is 4.79 Å². The van der Waals surface area contributed by atoms with E-state index in [9.17, 15) is 4.79 Å². The Morgan fingerprint density at radius 1 is 1.05 bits per heavy atom. The Hall–Kier alpha value is -0.320. The van der Waals surface area contributed by atoms with Crippen LogP contribution in [0.15, 0.2) is 0 Å². The molecule has 0 bridgehead atoms. The third-order valence-corrected chi connectivity index (χ3v) is 5.30. The molecule has 1 amide bonds. The number of carbonyl (C=O) groups is 1. The molecule has 2 N–H and O–H groups in total. The van der Waals surface area contributed by atoms with Gasteiger partial charge >= 0.3 is 0 Å². The smallest absolute Gasteiger partial charge is 0.237 e. The molecular weight excluding hydrogens is 286 g/mol. The van der Waals surface area contributed by atoms with Crippen molar-refractivity contribution in [1.82, 2.24) is 15.5 Å². The lowest BCUT2D eigenvalue weighted by Gasteiger charge is -2.34. The number of rotatable bonds is 4. The molecule has 3 rings (SSSR count). The van der Waals surface area contributed by atoms with Gasteiger partial charge in [0.2, 0.25) is 5.91 Å². The second-order valence-electron chi connectivity index (χ2n) is 6.88. The van der Waals surface area contributed by atoms with Crippen molar-refractivity contribution in [2.75, 3.05) is 26.2 Å². The summed E-state index contributed by atoms with van der Waals surface area (Å²) in [7, 11) is 0. The number of piperidine rings is 1. The van der Waals surface area contributed by atoms with Crippen LogP contribution in [0.4, 0.5) is 0 Å². The van der Waals surface area contributed by atoms with Gasteiger partial charge in [-0.05, 0) is 51.0 Å². The van der Waals surface area contributed by atoms with Gasteiger partial charge in [-0.2, -0.15) is 0 Å². The van der Waals surface area contributed by atoms with E-state index in [2.05, 4.69) is 15.5 Å². The molecular formula is C16H30ClN3O. The van der Waals surface area contributed by atoms with Crippen LogP contribution >= 0.6 is 12.4 Å². The average molecular weight is 316 g/mol. The number of nitrogens with zero attached hydrogens (tertiary/aromatic N) is 1. The van der Waals surface area contributed by atoms with Gasteiger partial charge in [-0.25, -0.2) is 0 Å². The Morgan fingerprint density at radius 3 is 2.38 bits per heavy atom. The summed E-state index contributed by atoms with van der Waals surface area (Å²) < 4.78 is 0. The van der Waals surface area contributed by atoms with Crippen molar-refractivity contribution in [2.45, 2.75) is 63.5 Å². The molecule has 4 nitrogen and oxygen atoms in total. The Morgan fingerprint density at radius 2 is 1.76 bits per heavy atom. The van der Waals surface area contributed by atoms with Crippen LogP contribution in [0.2, 0.25) is 0 Å². The summed E-state index contributed by atoms with van der Waals surface area (Å²) >= 11 is 0. The van der Waals surface area contributed by atoms with E-state index in [1.54, 1.807) is 0 Å². The zero-order valence-corrected chi connectivity index (χ0v) is 13.8. The summed E-state index contributed by atoms with van der Waals surface area (Å²) in [5.41, 5.74) is 0. The Balaban J connectivity index is 0.00000161. The van der Waals surface area contributed by atoms with Crippen molar-refractivity contribution >= 4 is 18.3 Å². The lowest BCUT2D eigenvalue weighted by atomic mass is 10.0. The van der Waals surface area contributed by atoms with Crippen LogP contribution in [0, 0.1) is 5.92 Å². The maximum Gasteiger partial charge on any atom is 0.237 e. The zero-order chi connectivity index (χ0) is 13.8. The fourth-order valence-electron chi connectivity index (χ4n) is 4.03. The van der Waals surface area contributed by atoms with Crippen LogP contribution in [0.3, 0.4) is 0 Å². The minimum atomic E-state index is 0. The maximum atomic E-state index is 12.1. The van der Waals surface area contributed by atoms with Gasteiger partial charge in [0.1, 0.15) is 0 Å². The topological polar surface area (TPSA) is 44.4 Å².